The van der Waals surface area contributed by atoms with Crippen LogP contribution in [0, 0.1) is 6.92 Å². The molecule has 2 fully saturated rings. The summed E-state index contributed by atoms with van der Waals surface area (Å²) >= 11 is 0. The van der Waals surface area contributed by atoms with Gasteiger partial charge >= 0.3 is 6.03 Å². The third-order valence-electron chi connectivity index (χ3n) is 5.70. The van der Waals surface area contributed by atoms with Gasteiger partial charge in [0.25, 0.3) is 5.91 Å². The summed E-state index contributed by atoms with van der Waals surface area (Å²) in [5.41, 5.74) is 1.97. The fraction of sp³-hybridized carbons (Fsp3) is 0.571. The Balaban J connectivity index is 1.73. The van der Waals surface area contributed by atoms with Crippen LogP contribution in [-0.2, 0) is 9.59 Å². The number of nitrogens with one attached hydrogen (secondary N) is 2. The van der Waals surface area contributed by atoms with E-state index in [1.165, 1.54) is 0 Å². The van der Waals surface area contributed by atoms with Crippen molar-refractivity contribution in [3.05, 3.63) is 29.3 Å². The van der Waals surface area contributed by atoms with Crippen LogP contribution >= 0.6 is 0 Å². The first-order chi connectivity index (χ1) is 12.8. The Hall–Kier alpha value is -2.37. The Labute approximate surface area is 160 Å². The van der Waals surface area contributed by atoms with Gasteiger partial charge in [0.05, 0.1) is 0 Å². The highest BCUT2D eigenvalue weighted by Crippen LogP contribution is 2.33. The van der Waals surface area contributed by atoms with Gasteiger partial charge in [0.1, 0.15) is 12.1 Å². The maximum atomic E-state index is 12.9. The summed E-state index contributed by atoms with van der Waals surface area (Å²) in [6, 6.07) is 5.44. The van der Waals surface area contributed by atoms with Crippen molar-refractivity contribution in [1.82, 2.24) is 10.2 Å². The Morgan fingerprint density at radius 2 is 1.85 bits per heavy atom. The first-order valence-corrected chi connectivity index (χ1v) is 9.87. The second-order valence-corrected chi connectivity index (χ2v) is 8.06. The predicted molar refractivity (Wildman–Crippen MR) is 105 cm³/mol. The van der Waals surface area contributed by atoms with Gasteiger partial charge in [0.15, 0.2) is 0 Å². The zero-order chi connectivity index (χ0) is 19.6. The molecule has 1 saturated carbocycles. The number of hydrogen-bond acceptors (Lipinski definition) is 3. The lowest BCUT2D eigenvalue weighted by molar-refractivity contribution is -0.134. The molecule has 27 heavy (non-hydrogen) atoms. The number of benzene rings is 1. The summed E-state index contributed by atoms with van der Waals surface area (Å²) in [4.78, 5) is 39.1. The van der Waals surface area contributed by atoms with Crippen LogP contribution in [0.25, 0.3) is 0 Å². The molecule has 2 N–H and O–H groups in total. The van der Waals surface area contributed by atoms with E-state index in [1.54, 1.807) is 0 Å². The lowest BCUT2D eigenvalue weighted by atomic mass is 9.90. The van der Waals surface area contributed by atoms with Gasteiger partial charge in [-0.1, -0.05) is 57.7 Å². The van der Waals surface area contributed by atoms with Gasteiger partial charge < -0.3 is 10.6 Å². The smallest absolute Gasteiger partial charge is 0.324 e. The molecule has 146 valence electrons. The van der Waals surface area contributed by atoms with E-state index in [0.717, 1.165) is 47.4 Å². The lowest BCUT2D eigenvalue weighted by Crippen LogP contribution is -2.47. The topological polar surface area (TPSA) is 78.5 Å². The number of nitrogens with zero attached hydrogens (tertiary/aromatic N) is 1. The van der Waals surface area contributed by atoms with E-state index in [0.29, 0.717) is 12.8 Å². The normalized spacial score (nSPS) is 19.3. The summed E-state index contributed by atoms with van der Waals surface area (Å²) in [5, 5.41) is 5.80. The molecular weight excluding hydrogens is 342 g/mol. The average Bonchev–Trinajstić information content (AvgIpc) is 2.79. The van der Waals surface area contributed by atoms with Crippen LogP contribution < -0.4 is 10.6 Å². The molecule has 6 heteroatoms. The third-order valence-corrected chi connectivity index (χ3v) is 5.70. The van der Waals surface area contributed by atoms with E-state index in [4.69, 9.17) is 0 Å². The molecule has 1 spiro atoms. The number of aryl methyl sites for hydroxylation is 1. The monoisotopic (exact) mass is 371 g/mol. The molecule has 1 heterocycles. The zero-order valence-electron chi connectivity index (χ0n) is 16.4. The Bertz CT molecular complexity index is 749. The standard InChI is InChI=1S/C21H29N3O3/c1-14(2)16-10-8-9-15(3)18(16)22-17(25)13-24-19(26)21(23-20(24)27)11-6-4-5-7-12-21/h8-10,14H,4-7,11-13H2,1-3H3,(H,22,25)(H,23,27). The number of hydrogen-bond donors (Lipinski definition) is 2. The largest absolute Gasteiger partial charge is 0.325 e. The number of rotatable bonds is 4. The van der Waals surface area contributed by atoms with Crippen molar-refractivity contribution in [1.29, 1.82) is 0 Å². The Morgan fingerprint density at radius 1 is 1.19 bits per heavy atom. The third kappa shape index (κ3) is 3.84. The number of imide groups is 1. The summed E-state index contributed by atoms with van der Waals surface area (Å²) < 4.78 is 0. The minimum absolute atomic E-state index is 0.251. The average molecular weight is 371 g/mol. The van der Waals surface area contributed by atoms with Gasteiger partial charge in [-0.2, -0.15) is 0 Å². The molecule has 1 aliphatic carbocycles. The van der Waals surface area contributed by atoms with Crippen LogP contribution in [0.4, 0.5) is 10.5 Å². The molecule has 0 bridgehead atoms. The van der Waals surface area contributed by atoms with Crippen molar-refractivity contribution in [2.75, 3.05) is 11.9 Å². The number of carbonyl (C=O) groups is 3. The summed E-state index contributed by atoms with van der Waals surface area (Å²) in [6.07, 6.45) is 5.32. The van der Waals surface area contributed by atoms with Crippen LogP contribution in [0.2, 0.25) is 0 Å². The van der Waals surface area contributed by atoms with E-state index in [-0.39, 0.29) is 24.3 Å². The van der Waals surface area contributed by atoms with Crippen molar-refractivity contribution in [2.45, 2.75) is 70.8 Å². The highest BCUT2D eigenvalue weighted by molar-refractivity contribution is 6.10. The molecule has 1 aliphatic heterocycles. The first-order valence-electron chi connectivity index (χ1n) is 9.87. The molecular formula is C21H29N3O3. The second-order valence-electron chi connectivity index (χ2n) is 8.06. The van der Waals surface area contributed by atoms with Gasteiger partial charge in [-0.15, -0.1) is 0 Å². The number of carbonyl (C=O) groups excluding carboxylic acids is 3. The van der Waals surface area contributed by atoms with E-state index in [9.17, 15) is 14.4 Å². The maximum Gasteiger partial charge on any atom is 0.325 e. The molecule has 0 unspecified atom stereocenters. The first kappa shape index (κ1) is 19.4. The van der Waals surface area contributed by atoms with Crippen molar-refractivity contribution >= 4 is 23.5 Å². The second kappa shape index (κ2) is 7.71. The lowest BCUT2D eigenvalue weighted by Gasteiger charge is -2.24. The van der Waals surface area contributed by atoms with Crippen LogP contribution in [0.5, 0.6) is 0 Å². The van der Waals surface area contributed by atoms with Crippen molar-refractivity contribution in [2.24, 2.45) is 0 Å². The van der Waals surface area contributed by atoms with Crippen LogP contribution in [0.15, 0.2) is 18.2 Å². The number of para-hydroxylation sites is 1. The van der Waals surface area contributed by atoms with Gasteiger partial charge in [0, 0.05) is 5.69 Å². The van der Waals surface area contributed by atoms with Gasteiger partial charge in [-0.3, -0.25) is 14.5 Å². The Kier molecular flexibility index (Phi) is 5.53. The van der Waals surface area contributed by atoms with Crippen molar-refractivity contribution in [3.63, 3.8) is 0 Å². The summed E-state index contributed by atoms with van der Waals surface area (Å²) in [5.74, 6) is -0.343. The number of urea groups is 1. The molecule has 6 nitrogen and oxygen atoms in total. The number of amides is 4. The molecule has 1 saturated heterocycles. The molecule has 3 rings (SSSR count). The minimum atomic E-state index is -0.806. The minimum Gasteiger partial charge on any atom is -0.324 e. The van der Waals surface area contributed by atoms with Gasteiger partial charge in [-0.05, 0) is 36.8 Å². The Morgan fingerprint density at radius 3 is 2.48 bits per heavy atom. The van der Waals surface area contributed by atoms with Gasteiger partial charge in [0.2, 0.25) is 5.91 Å². The van der Waals surface area contributed by atoms with E-state index < -0.39 is 11.6 Å². The summed E-state index contributed by atoms with van der Waals surface area (Å²) in [6.45, 7) is 5.82. The molecule has 1 aromatic carbocycles. The maximum absolute atomic E-state index is 12.9. The highest BCUT2D eigenvalue weighted by atomic mass is 16.2. The van der Waals surface area contributed by atoms with E-state index in [1.807, 2.05) is 25.1 Å². The van der Waals surface area contributed by atoms with E-state index >= 15 is 0 Å². The molecule has 0 atom stereocenters. The predicted octanol–water partition coefficient (Wildman–Crippen LogP) is 3.70. The summed E-state index contributed by atoms with van der Waals surface area (Å²) in [7, 11) is 0. The number of anilines is 1. The van der Waals surface area contributed by atoms with Gasteiger partial charge in [-0.25, -0.2) is 4.79 Å². The molecule has 1 aromatic rings. The fourth-order valence-electron chi connectivity index (χ4n) is 4.16. The molecule has 0 radical (unpaired) electrons. The molecule has 2 aliphatic rings. The fourth-order valence-corrected chi connectivity index (χ4v) is 4.16. The van der Waals surface area contributed by atoms with Crippen molar-refractivity contribution in [3.8, 4) is 0 Å². The van der Waals surface area contributed by atoms with E-state index in [2.05, 4.69) is 24.5 Å². The molecule has 0 aromatic heterocycles. The highest BCUT2D eigenvalue weighted by Gasteiger charge is 2.51. The quantitative estimate of drug-likeness (QED) is 0.792. The SMILES string of the molecule is Cc1cccc(C(C)C)c1NC(=O)CN1C(=O)NC2(CCCCCC2)C1=O. The zero-order valence-corrected chi connectivity index (χ0v) is 16.4. The van der Waals surface area contributed by atoms with Crippen LogP contribution in [-0.4, -0.2) is 34.8 Å². The molecule has 4 amide bonds. The van der Waals surface area contributed by atoms with Crippen molar-refractivity contribution < 1.29 is 14.4 Å². The van der Waals surface area contributed by atoms with Crippen LogP contribution in [0.1, 0.15) is 69.4 Å². The van der Waals surface area contributed by atoms with Crippen LogP contribution in [0.3, 0.4) is 0 Å².